The summed E-state index contributed by atoms with van der Waals surface area (Å²) in [5, 5.41) is 0. The van der Waals surface area contributed by atoms with E-state index >= 15 is 0 Å². The van der Waals surface area contributed by atoms with E-state index in [0.29, 0.717) is 12.5 Å². The number of methoxy groups -OCH3 is 1. The van der Waals surface area contributed by atoms with Crippen LogP contribution >= 0.6 is 8.25 Å². The minimum absolute atomic E-state index is 0.0669. The summed E-state index contributed by atoms with van der Waals surface area (Å²) in [7, 11) is 7.82. The van der Waals surface area contributed by atoms with Gasteiger partial charge in [-0.3, -0.25) is 0 Å². The first-order valence-corrected chi connectivity index (χ1v) is 21.2. The normalized spacial score (nSPS) is 23.7. The average molecular weight is 612 g/mol. The molecule has 6 heteroatoms. The maximum atomic E-state index is 6.30. The fourth-order valence-corrected chi connectivity index (χ4v) is 8.30. The van der Waals surface area contributed by atoms with Crippen LogP contribution in [0, 0.1) is 11.8 Å². The van der Waals surface area contributed by atoms with Crippen molar-refractivity contribution in [3.05, 3.63) is 42.0 Å². The second kappa shape index (κ2) is 12.0. The smallest absolute Gasteiger partial charge is 0.0196 e. The van der Waals surface area contributed by atoms with Crippen LogP contribution in [0.4, 0.5) is 0 Å². The summed E-state index contributed by atoms with van der Waals surface area (Å²) in [6.45, 7) is 11.2. The minimum Gasteiger partial charge on any atom is -0.0196 e. The summed E-state index contributed by atoms with van der Waals surface area (Å²) in [5.74, 6) is 1.01. The van der Waals surface area contributed by atoms with Crippen molar-refractivity contribution in [2.75, 3.05) is 7.11 Å². The summed E-state index contributed by atoms with van der Waals surface area (Å²) in [5.41, 5.74) is 1.15. The van der Waals surface area contributed by atoms with Crippen molar-refractivity contribution < 1.29 is 42.3 Å². The fraction of sp³-hybridized carbons (Fsp3) is 0.652. The van der Waals surface area contributed by atoms with E-state index in [-0.39, 0.29) is 24.2 Å². The van der Waals surface area contributed by atoms with Crippen LogP contribution in [0.3, 0.4) is 0 Å². The second-order valence-corrected chi connectivity index (χ2v) is 15.7. The first-order valence-electron chi connectivity index (χ1n) is 10.6. The van der Waals surface area contributed by atoms with E-state index in [1.54, 1.807) is 7.11 Å². The summed E-state index contributed by atoms with van der Waals surface area (Å²) >= 11 is -1.24. The molecule has 0 amide bonds. The van der Waals surface area contributed by atoms with E-state index < -0.39 is 29.1 Å². The Bertz CT molecular complexity index is 632. The average Bonchev–Trinajstić information content (AvgIpc) is 2.66. The van der Waals surface area contributed by atoms with Gasteiger partial charge in [0.2, 0.25) is 0 Å². The van der Waals surface area contributed by atoms with Crippen LogP contribution in [-0.2, 0) is 44.2 Å². The van der Waals surface area contributed by atoms with Gasteiger partial charge in [0.25, 0.3) is 0 Å². The predicted octanol–water partition coefficient (Wildman–Crippen LogP) is 5.99. The van der Waals surface area contributed by atoms with Crippen LogP contribution in [-0.4, -0.2) is 31.2 Å². The molecule has 0 radical (unpaired) electrons. The molecule has 2 rings (SSSR count). The van der Waals surface area contributed by atoms with Crippen molar-refractivity contribution in [3.8, 4) is 5.75 Å². The van der Waals surface area contributed by atoms with Crippen LogP contribution in [0.2, 0.25) is 3.93 Å². The molecule has 29 heavy (non-hydrogen) atoms. The summed E-state index contributed by atoms with van der Waals surface area (Å²) in [4.78, 5) is 0. The molecular formula is C23H35ClHgO4. The Morgan fingerprint density at radius 2 is 1.90 bits per heavy atom. The van der Waals surface area contributed by atoms with Gasteiger partial charge in [-0.1, -0.05) is 0 Å². The molecule has 0 saturated carbocycles. The summed E-state index contributed by atoms with van der Waals surface area (Å²) in [6.07, 6.45) is 5.76. The first kappa shape index (κ1) is 25.1. The van der Waals surface area contributed by atoms with E-state index in [4.69, 9.17) is 27.2 Å². The fourth-order valence-electron chi connectivity index (χ4n) is 3.84. The number of hydrogen-bond acceptors (Lipinski definition) is 4. The van der Waals surface area contributed by atoms with E-state index in [1.165, 1.54) is 0 Å². The Hall–Kier alpha value is -0.135. The second-order valence-electron chi connectivity index (χ2n) is 8.62. The summed E-state index contributed by atoms with van der Waals surface area (Å²) in [6, 6.07) is 8.05. The quantitative estimate of drug-likeness (QED) is 0.241. The molecule has 0 spiro atoms. The molecule has 0 unspecified atom stereocenters. The van der Waals surface area contributed by atoms with Gasteiger partial charge in [0, 0.05) is 0 Å². The van der Waals surface area contributed by atoms with E-state index in [0.717, 1.165) is 21.7 Å². The first-order chi connectivity index (χ1) is 13.7. The molecule has 160 valence electrons. The van der Waals surface area contributed by atoms with Crippen molar-refractivity contribution in [1.29, 1.82) is 0 Å². The number of ether oxygens (including phenoxy) is 4. The Labute approximate surface area is 192 Å². The molecule has 1 heterocycles. The van der Waals surface area contributed by atoms with Crippen molar-refractivity contribution in [1.82, 2.24) is 0 Å². The number of benzene rings is 1. The minimum atomic E-state index is -1.24. The molecule has 1 aromatic carbocycles. The third-order valence-electron chi connectivity index (χ3n) is 5.22. The van der Waals surface area contributed by atoms with E-state index in [2.05, 4.69) is 45.1 Å². The monoisotopic (exact) mass is 612 g/mol. The zero-order valence-corrected chi connectivity index (χ0v) is 24.9. The van der Waals surface area contributed by atoms with Gasteiger partial charge in [-0.2, -0.15) is 0 Å². The Balaban J connectivity index is 1.95. The van der Waals surface area contributed by atoms with Crippen molar-refractivity contribution in [2.24, 2.45) is 11.8 Å². The van der Waals surface area contributed by atoms with Gasteiger partial charge in [0.1, 0.15) is 5.75 Å². The molecular weight excluding hydrogens is 576 g/mol. The van der Waals surface area contributed by atoms with Crippen LogP contribution in [0.5, 0.6) is 5.75 Å². The molecule has 1 aliphatic rings. The summed E-state index contributed by atoms with van der Waals surface area (Å²) < 4.78 is 24.7. The van der Waals surface area contributed by atoms with Crippen molar-refractivity contribution in [2.45, 2.75) is 75.7 Å². The van der Waals surface area contributed by atoms with Crippen LogP contribution in [0.1, 0.15) is 46.6 Å². The zero-order valence-electron chi connectivity index (χ0n) is 18.7. The molecule has 0 aromatic heterocycles. The SMILES string of the molecule is COc1ccc(CO[C@@H](C(C)C)[C@@H](C)/C=C/[C@H]2C[C@@H]([CH2][Hg][Cl])OC(C)(C)O2)cc1. The maximum absolute atomic E-state index is 6.30. The van der Waals surface area contributed by atoms with Crippen LogP contribution in [0.25, 0.3) is 0 Å². The third kappa shape index (κ3) is 8.49. The number of rotatable bonds is 10. The molecule has 1 saturated heterocycles. The van der Waals surface area contributed by atoms with Crippen molar-refractivity contribution in [3.63, 3.8) is 0 Å². The van der Waals surface area contributed by atoms with Gasteiger partial charge in [-0.15, -0.1) is 0 Å². The van der Waals surface area contributed by atoms with Gasteiger partial charge in [-0.05, 0) is 12.1 Å². The van der Waals surface area contributed by atoms with E-state index in [1.807, 2.05) is 26.0 Å². The van der Waals surface area contributed by atoms with Gasteiger partial charge < -0.3 is 4.74 Å². The van der Waals surface area contributed by atoms with Gasteiger partial charge >= 0.3 is 163 Å². The van der Waals surface area contributed by atoms with Gasteiger partial charge in [0.15, 0.2) is 0 Å². The van der Waals surface area contributed by atoms with E-state index in [9.17, 15) is 0 Å². The Morgan fingerprint density at radius 1 is 1.21 bits per heavy atom. The van der Waals surface area contributed by atoms with Crippen molar-refractivity contribution >= 4 is 8.25 Å². The van der Waals surface area contributed by atoms with Gasteiger partial charge in [-0.25, -0.2) is 0 Å². The zero-order chi connectivity index (χ0) is 21.4. The molecule has 0 N–H and O–H groups in total. The standard InChI is InChI=1S/C23H35O4.ClH.Hg/c1-16(2)22(25-15-19-9-12-20(24-7)13-10-19)17(3)8-11-21-14-18(4)26-23(5,6)27-21;;/h8-13,16-18,21-22H,4,14-15H2,1-3,5-7H3;1H;/q;;+1/p-1/b11-8+;;/t17-,18+,21-,22-;;/m0../s1. The molecule has 0 bridgehead atoms. The Kier molecular flexibility index (Phi) is 10.4. The topological polar surface area (TPSA) is 36.9 Å². The third-order valence-corrected chi connectivity index (χ3v) is 10.5. The number of hydrogen-bond donors (Lipinski definition) is 0. The van der Waals surface area contributed by atoms with Crippen LogP contribution < -0.4 is 4.74 Å². The number of halogens is 1. The molecule has 1 aromatic rings. The molecule has 1 fully saturated rings. The predicted molar refractivity (Wildman–Crippen MR) is 114 cm³/mol. The molecule has 4 atom stereocenters. The van der Waals surface area contributed by atoms with Crippen LogP contribution in [0.15, 0.2) is 36.4 Å². The molecule has 0 aliphatic carbocycles. The van der Waals surface area contributed by atoms with Gasteiger partial charge in [0.05, 0.1) is 7.11 Å². The Morgan fingerprint density at radius 3 is 2.48 bits per heavy atom. The molecule has 4 nitrogen and oxygen atoms in total. The molecule has 1 aliphatic heterocycles.